The van der Waals surface area contributed by atoms with Crippen LogP contribution in [0.3, 0.4) is 0 Å². The van der Waals surface area contributed by atoms with Crippen LogP contribution in [0.1, 0.15) is 5.89 Å². The molecule has 130 valence electrons. The Bertz CT molecular complexity index is 770. The normalized spacial score (nSPS) is 11.2. The fourth-order valence-corrected chi connectivity index (χ4v) is 2.43. The van der Waals surface area contributed by atoms with E-state index in [-0.39, 0.29) is 13.2 Å². The molecule has 2 N–H and O–H groups in total. The van der Waals surface area contributed by atoms with Crippen LogP contribution in [0.5, 0.6) is 0 Å². The van der Waals surface area contributed by atoms with Crippen LogP contribution < -0.4 is 0 Å². The van der Waals surface area contributed by atoms with E-state index in [1.54, 1.807) is 6.20 Å². The second-order valence-corrected chi connectivity index (χ2v) is 5.41. The molecular formula is C17H19N5O3. The van der Waals surface area contributed by atoms with Crippen molar-refractivity contribution in [1.29, 1.82) is 0 Å². The van der Waals surface area contributed by atoms with Crippen molar-refractivity contribution < 1.29 is 14.7 Å². The second kappa shape index (κ2) is 8.43. The molecule has 0 spiro atoms. The minimum Gasteiger partial charge on any atom is -0.395 e. The summed E-state index contributed by atoms with van der Waals surface area (Å²) in [5.74, 6) is 0.939. The van der Waals surface area contributed by atoms with Gasteiger partial charge in [0.25, 0.3) is 0 Å². The Morgan fingerprint density at radius 3 is 2.32 bits per heavy atom. The maximum Gasteiger partial charge on any atom is 0.241 e. The Morgan fingerprint density at radius 1 is 0.960 bits per heavy atom. The zero-order valence-electron chi connectivity index (χ0n) is 13.6. The van der Waals surface area contributed by atoms with Gasteiger partial charge in [0, 0.05) is 30.4 Å². The Hall–Kier alpha value is -2.68. The lowest BCUT2D eigenvalue weighted by molar-refractivity contribution is 0.143. The number of aliphatic hydroxyl groups is 2. The topological polar surface area (TPSA) is 108 Å². The molecule has 0 bridgehead atoms. The molecule has 0 atom stereocenters. The van der Waals surface area contributed by atoms with Crippen LogP contribution in [0.2, 0.25) is 0 Å². The Morgan fingerprint density at radius 2 is 1.68 bits per heavy atom. The SMILES string of the molecule is OCCN(CCO)Cc1nc(-c2ccc(-c3ccncn3)cc2)no1. The van der Waals surface area contributed by atoms with Crippen LogP contribution in [-0.2, 0) is 6.54 Å². The highest BCUT2D eigenvalue weighted by Gasteiger charge is 2.13. The van der Waals surface area contributed by atoms with Crippen molar-refractivity contribution in [2.45, 2.75) is 6.54 Å². The summed E-state index contributed by atoms with van der Waals surface area (Å²) in [5, 5.41) is 22.1. The lowest BCUT2D eigenvalue weighted by atomic mass is 10.1. The minimum absolute atomic E-state index is 0.00545. The fourth-order valence-electron chi connectivity index (χ4n) is 2.43. The minimum atomic E-state index is 0.00545. The van der Waals surface area contributed by atoms with Gasteiger partial charge in [-0.15, -0.1) is 0 Å². The van der Waals surface area contributed by atoms with E-state index < -0.39 is 0 Å². The molecule has 0 saturated heterocycles. The Labute approximate surface area is 144 Å². The van der Waals surface area contributed by atoms with Crippen molar-refractivity contribution in [3.8, 4) is 22.6 Å². The molecule has 25 heavy (non-hydrogen) atoms. The molecule has 0 aliphatic rings. The van der Waals surface area contributed by atoms with Crippen LogP contribution in [0.15, 0.2) is 47.4 Å². The molecule has 0 unspecified atom stereocenters. The van der Waals surface area contributed by atoms with Gasteiger partial charge in [0.05, 0.1) is 25.5 Å². The van der Waals surface area contributed by atoms with E-state index in [2.05, 4.69) is 20.1 Å². The van der Waals surface area contributed by atoms with Crippen molar-refractivity contribution in [2.75, 3.05) is 26.3 Å². The van der Waals surface area contributed by atoms with E-state index in [0.717, 1.165) is 16.8 Å². The lowest BCUT2D eigenvalue weighted by Gasteiger charge is -2.17. The number of rotatable bonds is 8. The zero-order valence-corrected chi connectivity index (χ0v) is 13.6. The molecule has 2 heterocycles. The molecule has 3 rings (SSSR count). The number of hydrogen-bond donors (Lipinski definition) is 2. The van der Waals surface area contributed by atoms with Gasteiger partial charge in [-0.2, -0.15) is 4.98 Å². The van der Waals surface area contributed by atoms with Gasteiger partial charge < -0.3 is 14.7 Å². The molecule has 0 amide bonds. The molecule has 8 heteroatoms. The third kappa shape index (κ3) is 4.44. The average Bonchev–Trinajstić information content (AvgIpc) is 3.12. The largest absolute Gasteiger partial charge is 0.395 e. The lowest BCUT2D eigenvalue weighted by Crippen LogP contribution is -2.29. The summed E-state index contributed by atoms with van der Waals surface area (Å²) in [6.45, 7) is 1.27. The molecule has 0 radical (unpaired) electrons. The van der Waals surface area contributed by atoms with Gasteiger partial charge in [-0.3, -0.25) is 4.90 Å². The van der Waals surface area contributed by atoms with Crippen molar-refractivity contribution in [3.05, 3.63) is 48.7 Å². The number of nitrogens with zero attached hydrogens (tertiary/aromatic N) is 5. The highest BCUT2D eigenvalue weighted by Crippen LogP contribution is 2.21. The zero-order chi connectivity index (χ0) is 17.5. The summed E-state index contributed by atoms with van der Waals surface area (Å²) in [4.78, 5) is 14.3. The number of hydrogen-bond acceptors (Lipinski definition) is 8. The van der Waals surface area contributed by atoms with Crippen molar-refractivity contribution >= 4 is 0 Å². The smallest absolute Gasteiger partial charge is 0.241 e. The van der Waals surface area contributed by atoms with Crippen LogP contribution in [-0.4, -0.2) is 61.5 Å². The highest BCUT2D eigenvalue weighted by molar-refractivity contribution is 5.64. The maximum absolute atomic E-state index is 9.05. The van der Waals surface area contributed by atoms with Gasteiger partial charge in [-0.1, -0.05) is 29.4 Å². The van der Waals surface area contributed by atoms with Crippen LogP contribution in [0.4, 0.5) is 0 Å². The summed E-state index contributed by atoms with van der Waals surface area (Å²) in [6, 6.07) is 9.55. The van der Waals surface area contributed by atoms with Gasteiger partial charge >= 0.3 is 0 Å². The van der Waals surface area contributed by atoms with E-state index in [1.165, 1.54) is 6.33 Å². The predicted molar refractivity (Wildman–Crippen MR) is 90.2 cm³/mol. The van der Waals surface area contributed by atoms with Gasteiger partial charge in [0.2, 0.25) is 11.7 Å². The quantitative estimate of drug-likeness (QED) is 0.624. The van der Waals surface area contributed by atoms with Crippen LogP contribution in [0.25, 0.3) is 22.6 Å². The molecule has 8 nitrogen and oxygen atoms in total. The van der Waals surface area contributed by atoms with Gasteiger partial charge in [-0.25, -0.2) is 9.97 Å². The first-order chi connectivity index (χ1) is 12.3. The predicted octanol–water partition coefficient (Wildman–Crippen LogP) is 0.980. The third-order valence-corrected chi connectivity index (χ3v) is 3.68. The average molecular weight is 341 g/mol. The number of aromatic nitrogens is 4. The summed E-state index contributed by atoms with van der Waals surface area (Å²) < 4.78 is 5.27. The van der Waals surface area contributed by atoms with E-state index >= 15 is 0 Å². The van der Waals surface area contributed by atoms with Crippen molar-refractivity contribution in [2.24, 2.45) is 0 Å². The molecule has 0 saturated carbocycles. The van der Waals surface area contributed by atoms with Gasteiger partial charge in [0.15, 0.2) is 0 Å². The van der Waals surface area contributed by atoms with Crippen molar-refractivity contribution in [3.63, 3.8) is 0 Å². The molecule has 0 aliphatic carbocycles. The van der Waals surface area contributed by atoms with E-state index in [4.69, 9.17) is 14.7 Å². The van der Waals surface area contributed by atoms with Crippen molar-refractivity contribution in [1.82, 2.24) is 25.0 Å². The standard InChI is InChI=1S/C17H19N5O3/c23-9-7-22(8-10-24)11-16-20-17(21-25-16)14-3-1-13(2-4-14)15-5-6-18-12-19-15/h1-6,12,23-24H,7-11H2. The molecule has 1 aromatic carbocycles. The second-order valence-electron chi connectivity index (χ2n) is 5.41. The third-order valence-electron chi connectivity index (χ3n) is 3.68. The molecular weight excluding hydrogens is 322 g/mol. The summed E-state index contributed by atoms with van der Waals surface area (Å²) >= 11 is 0. The summed E-state index contributed by atoms with van der Waals surface area (Å²) in [5.41, 5.74) is 2.66. The van der Waals surface area contributed by atoms with Gasteiger partial charge in [0.1, 0.15) is 6.33 Å². The Kier molecular flexibility index (Phi) is 5.78. The summed E-state index contributed by atoms with van der Waals surface area (Å²) in [6.07, 6.45) is 3.21. The molecule has 3 aromatic rings. The van der Waals surface area contributed by atoms with Crippen LogP contribution in [0, 0.1) is 0 Å². The van der Waals surface area contributed by atoms with E-state index in [0.29, 0.717) is 31.3 Å². The number of aliphatic hydroxyl groups excluding tert-OH is 2. The summed E-state index contributed by atoms with van der Waals surface area (Å²) in [7, 11) is 0. The first-order valence-corrected chi connectivity index (χ1v) is 7.93. The van der Waals surface area contributed by atoms with E-state index in [9.17, 15) is 0 Å². The molecule has 0 aliphatic heterocycles. The number of benzene rings is 1. The molecule has 2 aromatic heterocycles. The van der Waals surface area contributed by atoms with E-state index in [1.807, 2.05) is 35.2 Å². The maximum atomic E-state index is 9.05. The fraction of sp³-hybridized carbons (Fsp3) is 0.294. The Balaban J connectivity index is 1.71. The first-order valence-electron chi connectivity index (χ1n) is 7.93. The first kappa shape index (κ1) is 17.2. The molecule has 0 fully saturated rings. The highest BCUT2D eigenvalue weighted by atomic mass is 16.5. The van der Waals surface area contributed by atoms with Gasteiger partial charge in [-0.05, 0) is 6.07 Å². The monoisotopic (exact) mass is 341 g/mol. The van der Waals surface area contributed by atoms with Crippen LogP contribution >= 0.6 is 0 Å².